The number of hydrogen-bond acceptors (Lipinski definition) is 6. The van der Waals surface area contributed by atoms with Crippen LogP contribution in [0.3, 0.4) is 0 Å². The van der Waals surface area contributed by atoms with Gasteiger partial charge >= 0.3 is 17.9 Å². The Labute approximate surface area is 329 Å². The number of unbranched alkanes of at least 4 members (excludes halogenated alkanes) is 29. The zero-order valence-electron chi connectivity index (χ0n) is 36.0. The second kappa shape index (κ2) is 41.6. The zero-order valence-corrected chi connectivity index (χ0v) is 36.0. The fourth-order valence-electron chi connectivity index (χ4n) is 6.98. The molecule has 53 heavy (non-hydrogen) atoms. The lowest BCUT2D eigenvalue weighted by atomic mass is 10.0. The molecule has 0 aromatic heterocycles. The van der Waals surface area contributed by atoms with Gasteiger partial charge in [-0.3, -0.25) is 14.4 Å². The molecule has 0 rings (SSSR count). The van der Waals surface area contributed by atoms with Gasteiger partial charge < -0.3 is 14.2 Å². The lowest BCUT2D eigenvalue weighted by Gasteiger charge is -2.18. The van der Waals surface area contributed by atoms with Gasteiger partial charge in [0.1, 0.15) is 13.2 Å². The highest BCUT2D eigenvalue weighted by atomic mass is 16.6. The lowest BCUT2D eigenvalue weighted by Crippen LogP contribution is -2.30. The molecule has 0 aliphatic carbocycles. The van der Waals surface area contributed by atoms with Crippen molar-refractivity contribution in [3.63, 3.8) is 0 Å². The van der Waals surface area contributed by atoms with E-state index < -0.39 is 6.10 Å². The van der Waals surface area contributed by atoms with Crippen LogP contribution in [0.5, 0.6) is 0 Å². The summed E-state index contributed by atoms with van der Waals surface area (Å²) < 4.78 is 16.6. The SMILES string of the molecule is CCCCCCCCCCCCCCC(=O)O[C@H](COC(=O)CCCCCCC)COC(=O)CCCCCCCCCCCCCCCCCC(C)C. The van der Waals surface area contributed by atoms with E-state index in [0.29, 0.717) is 19.3 Å². The van der Waals surface area contributed by atoms with E-state index >= 15 is 0 Å². The molecule has 0 unspecified atom stereocenters. The van der Waals surface area contributed by atoms with Gasteiger partial charge in [0.15, 0.2) is 6.10 Å². The van der Waals surface area contributed by atoms with E-state index in [0.717, 1.165) is 70.1 Å². The Balaban J connectivity index is 4.12. The minimum atomic E-state index is -0.757. The van der Waals surface area contributed by atoms with Crippen LogP contribution in [-0.4, -0.2) is 37.2 Å². The molecule has 0 spiro atoms. The van der Waals surface area contributed by atoms with Crippen LogP contribution in [0.1, 0.15) is 259 Å². The van der Waals surface area contributed by atoms with Crippen molar-refractivity contribution >= 4 is 17.9 Å². The van der Waals surface area contributed by atoms with Crippen LogP contribution in [0, 0.1) is 5.92 Å². The molecule has 314 valence electrons. The average molecular weight is 751 g/mol. The Morgan fingerprint density at radius 2 is 0.623 bits per heavy atom. The number of carbonyl (C=O) groups excluding carboxylic acids is 3. The minimum Gasteiger partial charge on any atom is -0.462 e. The molecule has 0 fully saturated rings. The number of hydrogen-bond donors (Lipinski definition) is 0. The van der Waals surface area contributed by atoms with E-state index in [4.69, 9.17) is 14.2 Å². The van der Waals surface area contributed by atoms with Crippen molar-refractivity contribution in [2.75, 3.05) is 13.2 Å². The summed E-state index contributed by atoms with van der Waals surface area (Å²) in [6.07, 6.45) is 41.2. The molecule has 0 radical (unpaired) electrons. The van der Waals surface area contributed by atoms with Crippen molar-refractivity contribution in [3.8, 4) is 0 Å². The third kappa shape index (κ3) is 41.4. The highest BCUT2D eigenvalue weighted by molar-refractivity contribution is 5.71. The number of rotatable bonds is 42. The number of carbonyl (C=O) groups is 3. The highest BCUT2D eigenvalue weighted by Crippen LogP contribution is 2.16. The highest BCUT2D eigenvalue weighted by Gasteiger charge is 2.19. The van der Waals surface area contributed by atoms with E-state index in [1.807, 2.05) is 0 Å². The molecule has 6 heteroatoms. The van der Waals surface area contributed by atoms with Crippen LogP contribution in [-0.2, 0) is 28.6 Å². The summed E-state index contributed by atoms with van der Waals surface area (Å²) in [6.45, 7) is 8.94. The smallest absolute Gasteiger partial charge is 0.306 e. The standard InChI is InChI=1S/C47H90O6/c1-5-7-9-11-12-13-14-21-25-28-32-36-40-47(50)53-44(41-51-45(48)38-34-29-10-8-6-2)42-52-46(49)39-35-31-27-24-22-19-17-15-16-18-20-23-26-30-33-37-43(3)4/h43-44H,5-42H2,1-4H3/t44-/m1/s1. The molecule has 0 aromatic carbocycles. The second-order valence-corrected chi connectivity index (χ2v) is 16.5. The Bertz CT molecular complexity index is 796. The van der Waals surface area contributed by atoms with E-state index in [2.05, 4.69) is 27.7 Å². The second-order valence-electron chi connectivity index (χ2n) is 16.5. The molecule has 0 aromatic rings. The van der Waals surface area contributed by atoms with Gasteiger partial charge in [-0.1, -0.05) is 220 Å². The monoisotopic (exact) mass is 751 g/mol. The van der Waals surface area contributed by atoms with Gasteiger partial charge in [-0.25, -0.2) is 0 Å². The van der Waals surface area contributed by atoms with Crippen molar-refractivity contribution in [2.24, 2.45) is 5.92 Å². The summed E-state index contributed by atoms with van der Waals surface area (Å²) in [6, 6.07) is 0. The predicted molar refractivity (Wildman–Crippen MR) is 224 cm³/mol. The molecule has 0 saturated carbocycles. The van der Waals surface area contributed by atoms with Crippen molar-refractivity contribution in [2.45, 2.75) is 265 Å². The topological polar surface area (TPSA) is 78.9 Å². The van der Waals surface area contributed by atoms with Crippen LogP contribution in [0.2, 0.25) is 0 Å². The van der Waals surface area contributed by atoms with Gasteiger partial charge in [-0.15, -0.1) is 0 Å². The summed E-state index contributed by atoms with van der Waals surface area (Å²) >= 11 is 0. The lowest BCUT2D eigenvalue weighted by molar-refractivity contribution is -0.167. The molecule has 0 aliphatic rings. The summed E-state index contributed by atoms with van der Waals surface area (Å²) in [5.74, 6) is -0.0170. The molecular weight excluding hydrogens is 661 g/mol. The maximum atomic E-state index is 12.6. The van der Waals surface area contributed by atoms with Crippen molar-refractivity contribution in [1.82, 2.24) is 0 Å². The first-order valence-electron chi connectivity index (χ1n) is 23.4. The summed E-state index contributed by atoms with van der Waals surface area (Å²) in [7, 11) is 0. The quantitative estimate of drug-likeness (QED) is 0.0351. The van der Waals surface area contributed by atoms with Crippen molar-refractivity contribution in [1.29, 1.82) is 0 Å². The molecule has 6 nitrogen and oxygen atoms in total. The maximum Gasteiger partial charge on any atom is 0.306 e. The fraction of sp³-hybridized carbons (Fsp3) is 0.936. The van der Waals surface area contributed by atoms with Gasteiger partial charge in [-0.2, -0.15) is 0 Å². The van der Waals surface area contributed by atoms with Crippen LogP contribution in [0.15, 0.2) is 0 Å². The van der Waals surface area contributed by atoms with Crippen LogP contribution in [0.25, 0.3) is 0 Å². The maximum absolute atomic E-state index is 12.6. The molecular formula is C47H90O6. The van der Waals surface area contributed by atoms with E-state index in [9.17, 15) is 14.4 Å². The van der Waals surface area contributed by atoms with Crippen LogP contribution >= 0.6 is 0 Å². The number of esters is 3. The first-order chi connectivity index (χ1) is 25.9. The van der Waals surface area contributed by atoms with Gasteiger partial charge in [0, 0.05) is 19.3 Å². The van der Waals surface area contributed by atoms with Gasteiger partial charge in [0.05, 0.1) is 0 Å². The summed E-state index contributed by atoms with van der Waals surface area (Å²) in [5.41, 5.74) is 0. The van der Waals surface area contributed by atoms with Gasteiger partial charge in [0.2, 0.25) is 0 Å². The summed E-state index contributed by atoms with van der Waals surface area (Å²) in [5, 5.41) is 0. The van der Waals surface area contributed by atoms with Crippen molar-refractivity contribution in [3.05, 3.63) is 0 Å². The van der Waals surface area contributed by atoms with Crippen LogP contribution < -0.4 is 0 Å². The van der Waals surface area contributed by atoms with E-state index in [-0.39, 0.29) is 31.1 Å². The van der Waals surface area contributed by atoms with E-state index in [1.54, 1.807) is 0 Å². The normalized spacial score (nSPS) is 11.9. The first-order valence-corrected chi connectivity index (χ1v) is 23.4. The Morgan fingerprint density at radius 1 is 0.358 bits per heavy atom. The van der Waals surface area contributed by atoms with Crippen molar-refractivity contribution < 1.29 is 28.6 Å². The van der Waals surface area contributed by atoms with Crippen LogP contribution in [0.4, 0.5) is 0 Å². The summed E-state index contributed by atoms with van der Waals surface area (Å²) in [4.78, 5) is 37.5. The van der Waals surface area contributed by atoms with E-state index in [1.165, 1.54) is 148 Å². The Kier molecular flexibility index (Phi) is 40.3. The molecule has 0 amide bonds. The third-order valence-electron chi connectivity index (χ3n) is 10.5. The fourth-order valence-corrected chi connectivity index (χ4v) is 6.98. The minimum absolute atomic E-state index is 0.0644. The van der Waals surface area contributed by atoms with Gasteiger partial charge in [-0.05, 0) is 25.2 Å². The Morgan fingerprint density at radius 3 is 0.925 bits per heavy atom. The van der Waals surface area contributed by atoms with Gasteiger partial charge in [0.25, 0.3) is 0 Å². The number of ether oxygens (including phenoxy) is 3. The Hall–Kier alpha value is -1.59. The molecule has 0 saturated heterocycles. The molecule has 0 N–H and O–H groups in total. The largest absolute Gasteiger partial charge is 0.462 e. The molecule has 1 atom stereocenters. The zero-order chi connectivity index (χ0) is 38.9. The average Bonchev–Trinajstić information content (AvgIpc) is 3.14. The first kappa shape index (κ1) is 51.4. The molecule has 0 bridgehead atoms. The third-order valence-corrected chi connectivity index (χ3v) is 10.5. The predicted octanol–water partition coefficient (Wildman–Crippen LogP) is 14.7. The molecule has 0 heterocycles. The molecule has 0 aliphatic heterocycles.